The van der Waals surface area contributed by atoms with Crippen LogP contribution in [0.15, 0.2) is 46.9 Å². The van der Waals surface area contributed by atoms with Crippen molar-refractivity contribution in [1.82, 2.24) is 14.6 Å². The lowest BCUT2D eigenvalue weighted by Gasteiger charge is -2.04. The summed E-state index contributed by atoms with van der Waals surface area (Å²) in [7, 11) is 1.94. The van der Waals surface area contributed by atoms with Crippen molar-refractivity contribution in [2.75, 3.05) is 0 Å². The molecular formula is C21H12BrN3O3. The molecule has 1 aliphatic rings. The van der Waals surface area contributed by atoms with Gasteiger partial charge in [-0.05, 0) is 24.3 Å². The third kappa shape index (κ3) is 1.67. The van der Waals surface area contributed by atoms with Gasteiger partial charge in [0.15, 0.2) is 0 Å². The highest BCUT2D eigenvalue weighted by molar-refractivity contribution is 9.10. The Morgan fingerprint density at radius 1 is 0.964 bits per heavy atom. The van der Waals surface area contributed by atoms with Crippen LogP contribution in [0.25, 0.3) is 43.6 Å². The Balaban J connectivity index is 2.04. The van der Waals surface area contributed by atoms with Gasteiger partial charge in [0.1, 0.15) is 0 Å². The molecular weight excluding hydrogens is 422 g/mol. The van der Waals surface area contributed by atoms with Gasteiger partial charge >= 0.3 is 0 Å². The fourth-order valence-corrected chi connectivity index (χ4v) is 4.88. The summed E-state index contributed by atoms with van der Waals surface area (Å²) in [4.78, 5) is 29.1. The number of hydrogen-bond acceptors (Lipinski definition) is 3. The second kappa shape index (κ2) is 5.01. The van der Waals surface area contributed by atoms with Crippen molar-refractivity contribution in [2.45, 2.75) is 0 Å². The Labute approximate surface area is 166 Å². The largest absolute Gasteiger partial charge is 0.353 e. The van der Waals surface area contributed by atoms with E-state index in [1.54, 1.807) is 0 Å². The summed E-state index contributed by atoms with van der Waals surface area (Å²) in [6.45, 7) is 0. The van der Waals surface area contributed by atoms with Gasteiger partial charge in [0.2, 0.25) is 0 Å². The second-order valence-electron chi connectivity index (χ2n) is 7.04. The third-order valence-corrected chi connectivity index (χ3v) is 6.16. The molecule has 0 bridgehead atoms. The zero-order valence-corrected chi connectivity index (χ0v) is 16.2. The molecule has 2 N–H and O–H groups in total. The number of aryl methyl sites for hydroxylation is 1. The third-order valence-electron chi connectivity index (χ3n) is 5.67. The summed E-state index contributed by atoms with van der Waals surface area (Å²) >= 11 is 3.50. The van der Waals surface area contributed by atoms with Gasteiger partial charge in [0, 0.05) is 44.1 Å². The van der Waals surface area contributed by atoms with Crippen molar-refractivity contribution < 1.29 is 14.8 Å². The minimum atomic E-state index is -0.691. The van der Waals surface area contributed by atoms with Crippen LogP contribution in [0.2, 0.25) is 0 Å². The zero-order valence-electron chi connectivity index (χ0n) is 14.6. The minimum Gasteiger partial charge on any atom is -0.353 e. The number of carbonyl (C=O) groups is 2. The molecule has 136 valence electrons. The molecule has 0 saturated heterocycles. The molecule has 7 heteroatoms. The molecule has 2 aromatic heterocycles. The predicted octanol–water partition coefficient (Wildman–Crippen LogP) is 4.71. The molecule has 0 radical (unpaired) electrons. The number of aromatic amines is 1. The molecule has 3 aromatic carbocycles. The molecule has 6 rings (SSSR count). The molecule has 0 spiro atoms. The molecule has 0 fully saturated rings. The molecule has 6 nitrogen and oxygen atoms in total. The Bertz CT molecular complexity index is 1540. The zero-order chi connectivity index (χ0) is 19.3. The topological polar surface area (TPSA) is 78.3 Å². The van der Waals surface area contributed by atoms with Gasteiger partial charge < -0.3 is 9.55 Å². The molecule has 28 heavy (non-hydrogen) atoms. The van der Waals surface area contributed by atoms with Crippen LogP contribution >= 0.6 is 15.9 Å². The van der Waals surface area contributed by atoms with E-state index >= 15 is 0 Å². The molecule has 0 unspecified atom stereocenters. The van der Waals surface area contributed by atoms with E-state index in [2.05, 4.69) is 20.9 Å². The molecule has 0 aliphatic carbocycles. The number of hydroxylamine groups is 2. The van der Waals surface area contributed by atoms with E-state index in [1.165, 1.54) is 0 Å². The van der Waals surface area contributed by atoms with Gasteiger partial charge in [-0.3, -0.25) is 14.8 Å². The number of amides is 2. The first-order valence-corrected chi connectivity index (χ1v) is 9.50. The Morgan fingerprint density at radius 2 is 1.68 bits per heavy atom. The van der Waals surface area contributed by atoms with E-state index in [-0.39, 0.29) is 16.2 Å². The van der Waals surface area contributed by atoms with E-state index in [4.69, 9.17) is 0 Å². The summed E-state index contributed by atoms with van der Waals surface area (Å²) < 4.78 is 2.89. The van der Waals surface area contributed by atoms with Crippen LogP contribution in [0.4, 0.5) is 0 Å². The summed E-state index contributed by atoms with van der Waals surface area (Å²) in [6, 6.07) is 13.5. The lowest BCUT2D eigenvalue weighted by atomic mass is 9.97. The quantitative estimate of drug-likeness (QED) is 0.274. The highest BCUT2D eigenvalue weighted by atomic mass is 79.9. The predicted molar refractivity (Wildman–Crippen MR) is 110 cm³/mol. The van der Waals surface area contributed by atoms with Gasteiger partial charge in [0.05, 0.1) is 22.2 Å². The Morgan fingerprint density at radius 3 is 2.46 bits per heavy atom. The maximum atomic E-state index is 12.9. The standard InChI is InChI=1S/C21H12BrN3O3/c1-24-13-7-6-9(22)8-11(13)15-17-16(20(26)25(28)21(17)27)14-10-4-2-3-5-12(10)23-18(14)19(15)24/h2-8,23,28H,1H3. The molecule has 0 atom stereocenters. The van der Waals surface area contributed by atoms with E-state index in [0.717, 1.165) is 37.3 Å². The van der Waals surface area contributed by atoms with Crippen LogP contribution in [-0.4, -0.2) is 31.6 Å². The van der Waals surface area contributed by atoms with Crippen LogP contribution in [0, 0.1) is 0 Å². The van der Waals surface area contributed by atoms with E-state index in [9.17, 15) is 14.8 Å². The van der Waals surface area contributed by atoms with Crippen LogP contribution in [-0.2, 0) is 7.05 Å². The number of halogens is 1. The monoisotopic (exact) mass is 433 g/mol. The first-order valence-electron chi connectivity index (χ1n) is 8.70. The molecule has 0 saturated carbocycles. The minimum absolute atomic E-state index is 0.224. The number of nitrogens with zero attached hydrogens (tertiary/aromatic N) is 2. The van der Waals surface area contributed by atoms with Crippen molar-refractivity contribution in [2.24, 2.45) is 7.05 Å². The lowest BCUT2D eigenvalue weighted by molar-refractivity contribution is -0.0325. The van der Waals surface area contributed by atoms with Crippen LogP contribution in [0.5, 0.6) is 0 Å². The number of para-hydroxylation sites is 1. The number of imide groups is 1. The van der Waals surface area contributed by atoms with Crippen molar-refractivity contribution in [1.29, 1.82) is 0 Å². The summed E-state index contributed by atoms with van der Waals surface area (Å²) in [6.07, 6.45) is 0. The normalized spacial score (nSPS) is 14.3. The first-order chi connectivity index (χ1) is 13.5. The number of rotatable bonds is 0. The highest BCUT2D eigenvalue weighted by Crippen LogP contribution is 2.44. The van der Waals surface area contributed by atoms with Crippen molar-refractivity contribution in [3.63, 3.8) is 0 Å². The number of aromatic nitrogens is 2. The number of fused-ring (bicyclic) bond motifs is 10. The second-order valence-corrected chi connectivity index (χ2v) is 7.95. The maximum absolute atomic E-state index is 12.9. The number of hydrogen-bond donors (Lipinski definition) is 2. The smallest absolute Gasteiger partial charge is 0.286 e. The fraction of sp³-hybridized carbons (Fsp3) is 0.0476. The van der Waals surface area contributed by atoms with Gasteiger partial charge in [0.25, 0.3) is 11.8 Å². The Hall–Kier alpha value is -3.16. The van der Waals surface area contributed by atoms with E-state index in [1.807, 2.05) is 54.1 Å². The number of carbonyl (C=O) groups excluding carboxylic acids is 2. The summed E-state index contributed by atoms with van der Waals surface area (Å²) in [5.74, 6) is -1.38. The molecule has 5 aromatic rings. The van der Waals surface area contributed by atoms with Crippen LogP contribution in [0.3, 0.4) is 0 Å². The van der Waals surface area contributed by atoms with Crippen molar-refractivity contribution in [3.8, 4) is 0 Å². The van der Waals surface area contributed by atoms with Gasteiger partial charge in [-0.15, -0.1) is 5.06 Å². The lowest BCUT2D eigenvalue weighted by Crippen LogP contribution is -2.25. The van der Waals surface area contributed by atoms with Gasteiger partial charge in [-0.1, -0.05) is 34.1 Å². The van der Waals surface area contributed by atoms with Crippen molar-refractivity contribution in [3.05, 3.63) is 58.1 Å². The van der Waals surface area contributed by atoms with E-state index < -0.39 is 11.8 Å². The maximum Gasteiger partial charge on any atom is 0.286 e. The number of benzene rings is 3. The van der Waals surface area contributed by atoms with E-state index in [0.29, 0.717) is 10.8 Å². The van der Waals surface area contributed by atoms with Crippen LogP contribution in [0.1, 0.15) is 20.7 Å². The highest BCUT2D eigenvalue weighted by Gasteiger charge is 2.41. The number of nitrogens with one attached hydrogen (secondary N) is 1. The Kier molecular flexibility index (Phi) is 2.83. The molecule has 1 aliphatic heterocycles. The molecule has 2 amide bonds. The van der Waals surface area contributed by atoms with Crippen LogP contribution < -0.4 is 0 Å². The SMILES string of the molecule is Cn1c2ccc(Br)cc2c2c3c(c4c5ccccc5[nH]c4c21)C(=O)N(O)C3=O. The average molecular weight is 434 g/mol. The van der Waals surface area contributed by atoms with Gasteiger partial charge in [-0.2, -0.15) is 0 Å². The molecule has 3 heterocycles. The summed E-state index contributed by atoms with van der Waals surface area (Å²) in [5, 5.41) is 13.4. The van der Waals surface area contributed by atoms with Crippen molar-refractivity contribution >= 4 is 71.4 Å². The summed E-state index contributed by atoms with van der Waals surface area (Å²) in [5.41, 5.74) is 3.91. The fourth-order valence-electron chi connectivity index (χ4n) is 4.52. The first kappa shape index (κ1) is 15.9. The average Bonchev–Trinajstić information content (AvgIpc) is 3.27. The van der Waals surface area contributed by atoms with Gasteiger partial charge in [-0.25, -0.2) is 0 Å². The number of H-pyrrole nitrogens is 1.